The van der Waals surface area contributed by atoms with Crippen LogP contribution in [0.15, 0.2) is 29.0 Å². The van der Waals surface area contributed by atoms with Gasteiger partial charge in [0.25, 0.3) is 0 Å². The standard InChI is InChI=1S/C14H14F3NS/c1-2-6-18(8-10-5-7-19-9-10)12-4-3-11(15)13(16)14(12)17/h3-5,7,9H,2,6,8H2,1H3. The van der Waals surface area contributed by atoms with E-state index >= 15 is 0 Å². The first-order valence-electron chi connectivity index (χ1n) is 6.03. The second-order valence-electron chi connectivity index (χ2n) is 4.25. The summed E-state index contributed by atoms with van der Waals surface area (Å²) in [6.07, 6.45) is 0.794. The molecule has 0 atom stereocenters. The summed E-state index contributed by atoms with van der Waals surface area (Å²) in [5.74, 6) is -3.69. The van der Waals surface area contributed by atoms with E-state index in [-0.39, 0.29) is 5.69 Å². The average molecular weight is 285 g/mol. The summed E-state index contributed by atoms with van der Waals surface area (Å²) in [5, 5.41) is 3.89. The number of anilines is 1. The van der Waals surface area contributed by atoms with E-state index in [0.29, 0.717) is 13.1 Å². The maximum absolute atomic E-state index is 13.8. The summed E-state index contributed by atoms with van der Waals surface area (Å²) < 4.78 is 40.1. The van der Waals surface area contributed by atoms with Crippen LogP contribution in [0.3, 0.4) is 0 Å². The molecule has 0 saturated carbocycles. The fraction of sp³-hybridized carbons (Fsp3) is 0.286. The van der Waals surface area contributed by atoms with E-state index < -0.39 is 17.5 Å². The number of rotatable bonds is 5. The number of benzene rings is 1. The second kappa shape index (κ2) is 6.10. The smallest absolute Gasteiger partial charge is 0.196 e. The zero-order valence-electron chi connectivity index (χ0n) is 10.5. The van der Waals surface area contributed by atoms with Crippen molar-refractivity contribution in [2.24, 2.45) is 0 Å². The van der Waals surface area contributed by atoms with Crippen molar-refractivity contribution in [3.8, 4) is 0 Å². The topological polar surface area (TPSA) is 3.24 Å². The molecule has 0 aliphatic carbocycles. The minimum atomic E-state index is -1.41. The molecule has 0 bridgehead atoms. The molecule has 2 aromatic rings. The van der Waals surface area contributed by atoms with E-state index in [1.165, 1.54) is 6.07 Å². The Balaban J connectivity index is 2.31. The van der Waals surface area contributed by atoms with Crippen molar-refractivity contribution in [2.45, 2.75) is 19.9 Å². The normalized spacial score (nSPS) is 10.7. The Labute approximate surface area is 114 Å². The van der Waals surface area contributed by atoms with Crippen molar-refractivity contribution in [1.82, 2.24) is 0 Å². The van der Waals surface area contributed by atoms with Gasteiger partial charge >= 0.3 is 0 Å². The Morgan fingerprint density at radius 2 is 1.89 bits per heavy atom. The lowest BCUT2D eigenvalue weighted by atomic mass is 10.2. The van der Waals surface area contributed by atoms with Crippen molar-refractivity contribution < 1.29 is 13.2 Å². The fourth-order valence-electron chi connectivity index (χ4n) is 1.92. The van der Waals surface area contributed by atoms with Gasteiger partial charge in [-0.1, -0.05) is 6.92 Å². The SMILES string of the molecule is CCCN(Cc1ccsc1)c1ccc(F)c(F)c1F. The molecule has 0 saturated heterocycles. The molecule has 1 heterocycles. The van der Waals surface area contributed by atoms with Gasteiger partial charge in [0.1, 0.15) is 0 Å². The zero-order chi connectivity index (χ0) is 13.8. The molecular weight excluding hydrogens is 271 g/mol. The molecule has 19 heavy (non-hydrogen) atoms. The highest BCUT2D eigenvalue weighted by molar-refractivity contribution is 7.07. The molecule has 5 heteroatoms. The van der Waals surface area contributed by atoms with Crippen LogP contribution in [-0.4, -0.2) is 6.54 Å². The molecule has 0 N–H and O–H groups in total. The molecule has 0 radical (unpaired) electrons. The summed E-state index contributed by atoms with van der Waals surface area (Å²) in [7, 11) is 0. The first kappa shape index (κ1) is 13.9. The van der Waals surface area contributed by atoms with Gasteiger partial charge in [-0.3, -0.25) is 0 Å². The largest absolute Gasteiger partial charge is 0.365 e. The van der Waals surface area contributed by atoms with Crippen LogP contribution < -0.4 is 4.90 Å². The Kier molecular flexibility index (Phi) is 4.47. The van der Waals surface area contributed by atoms with Gasteiger partial charge in [0.2, 0.25) is 0 Å². The molecular formula is C14H14F3NS. The molecule has 1 aromatic carbocycles. The predicted octanol–water partition coefficient (Wildman–Crippen LogP) is 4.58. The fourth-order valence-corrected chi connectivity index (χ4v) is 2.58. The van der Waals surface area contributed by atoms with E-state index in [1.54, 1.807) is 16.2 Å². The Bertz CT molecular complexity index is 540. The summed E-state index contributed by atoms with van der Waals surface area (Å²) in [4.78, 5) is 1.72. The Morgan fingerprint density at radius 1 is 1.11 bits per heavy atom. The van der Waals surface area contributed by atoms with Gasteiger partial charge in [-0.05, 0) is 40.9 Å². The van der Waals surface area contributed by atoms with Crippen molar-refractivity contribution in [3.63, 3.8) is 0 Å². The van der Waals surface area contributed by atoms with Crippen LogP contribution in [0.25, 0.3) is 0 Å². The molecule has 0 fully saturated rings. The van der Waals surface area contributed by atoms with Gasteiger partial charge < -0.3 is 4.90 Å². The van der Waals surface area contributed by atoms with Gasteiger partial charge in [-0.25, -0.2) is 13.2 Å². The van der Waals surface area contributed by atoms with E-state index in [4.69, 9.17) is 0 Å². The maximum atomic E-state index is 13.8. The monoisotopic (exact) mass is 285 g/mol. The summed E-state index contributed by atoms with van der Waals surface area (Å²) in [5.41, 5.74) is 1.13. The van der Waals surface area contributed by atoms with Crippen LogP contribution >= 0.6 is 11.3 Å². The predicted molar refractivity (Wildman–Crippen MR) is 72.0 cm³/mol. The van der Waals surface area contributed by atoms with Crippen LogP contribution in [0.5, 0.6) is 0 Å². The van der Waals surface area contributed by atoms with Crippen molar-refractivity contribution in [2.75, 3.05) is 11.4 Å². The lowest BCUT2D eigenvalue weighted by molar-refractivity contribution is 0.446. The number of nitrogens with zero attached hydrogens (tertiary/aromatic N) is 1. The Morgan fingerprint density at radius 3 is 2.53 bits per heavy atom. The van der Waals surface area contributed by atoms with Crippen LogP contribution in [0.2, 0.25) is 0 Å². The highest BCUT2D eigenvalue weighted by atomic mass is 32.1. The molecule has 0 aliphatic heterocycles. The number of hydrogen-bond donors (Lipinski definition) is 0. The second-order valence-corrected chi connectivity index (χ2v) is 5.03. The van der Waals surface area contributed by atoms with Crippen LogP contribution in [0.1, 0.15) is 18.9 Å². The van der Waals surface area contributed by atoms with E-state index in [1.807, 2.05) is 23.8 Å². The third-order valence-corrected chi connectivity index (χ3v) is 3.53. The molecule has 0 unspecified atom stereocenters. The van der Waals surface area contributed by atoms with E-state index in [0.717, 1.165) is 18.1 Å². The van der Waals surface area contributed by atoms with Gasteiger partial charge in [0.05, 0.1) is 5.69 Å². The van der Waals surface area contributed by atoms with Crippen molar-refractivity contribution >= 4 is 17.0 Å². The molecule has 1 nitrogen and oxygen atoms in total. The minimum absolute atomic E-state index is 0.104. The van der Waals surface area contributed by atoms with Gasteiger partial charge in [0, 0.05) is 13.1 Å². The lowest BCUT2D eigenvalue weighted by Crippen LogP contribution is -2.24. The van der Waals surface area contributed by atoms with Crippen LogP contribution in [0, 0.1) is 17.5 Å². The van der Waals surface area contributed by atoms with Crippen LogP contribution in [-0.2, 0) is 6.54 Å². The molecule has 2 rings (SSSR count). The molecule has 1 aromatic heterocycles. The quantitative estimate of drug-likeness (QED) is 0.727. The first-order chi connectivity index (χ1) is 9.13. The molecule has 0 amide bonds. The minimum Gasteiger partial charge on any atom is -0.365 e. The zero-order valence-corrected chi connectivity index (χ0v) is 11.3. The Hall–Kier alpha value is -1.49. The summed E-state index contributed by atoms with van der Waals surface area (Å²) >= 11 is 1.55. The average Bonchev–Trinajstić information content (AvgIpc) is 2.89. The highest BCUT2D eigenvalue weighted by Gasteiger charge is 2.18. The van der Waals surface area contributed by atoms with Crippen molar-refractivity contribution in [3.05, 3.63) is 52.0 Å². The number of hydrogen-bond acceptors (Lipinski definition) is 2. The molecule has 0 spiro atoms. The number of thiophene rings is 1. The molecule has 0 aliphatic rings. The van der Waals surface area contributed by atoms with Gasteiger partial charge in [-0.15, -0.1) is 0 Å². The van der Waals surface area contributed by atoms with Crippen molar-refractivity contribution in [1.29, 1.82) is 0 Å². The molecule has 102 valence electrons. The van der Waals surface area contributed by atoms with Gasteiger partial charge in [0.15, 0.2) is 17.5 Å². The first-order valence-corrected chi connectivity index (χ1v) is 6.97. The van der Waals surface area contributed by atoms with E-state index in [9.17, 15) is 13.2 Å². The van der Waals surface area contributed by atoms with E-state index in [2.05, 4.69) is 0 Å². The highest BCUT2D eigenvalue weighted by Crippen LogP contribution is 2.25. The number of halogens is 3. The van der Waals surface area contributed by atoms with Crippen LogP contribution in [0.4, 0.5) is 18.9 Å². The summed E-state index contributed by atoms with van der Waals surface area (Å²) in [6.45, 7) is 3.02. The third kappa shape index (κ3) is 3.10. The third-order valence-electron chi connectivity index (χ3n) is 2.80. The lowest BCUT2D eigenvalue weighted by Gasteiger charge is -2.24. The van der Waals surface area contributed by atoms with Gasteiger partial charge in [-0.2, -0.15) is 11.3 Å². The maximum Gasteiger partial charge on any atom is 0.196 e. The summed E-state index contributed by atoms with van der Waals surface area (Å²) in [6, 6.07) is 4.19.